The third kappa shape index (κ3) is 6.76. The van der Waals surface area contributed by atoms with Crippen LogP contribution in [0.2, 0.25) is 0 Å². The number of aromatic nitrogens is 6. The van der Waals surface area contributed by atoms with Crippen LogP contribution < -0.4 is 9.64 Å². The van der Waals surface area contributed by atoms with E-state index in [0.29, 0.717) is 17.3 Å². The van der Waals surface area contributed by atoms with E-state index in [4.69, 9.17) is 9.72 Å². The van der Waals surface area contributed by atoms with Gasteiger partial charge in [-0.05, 0) is 6.07 Å². The Bertz CT molecular complexity index is 3480. The number of nitrogens with zero attached hydrogens (tertiary/aromatic N) is 7. The first kappa shape index (κ1) is 38.3. The number of imidazole rings is 1. The summed E-state index contributed by atoms with van der Waals surface area (Å²) in [6, 6.07) is 66.0. The van der Waals surface area contributed by atoms with Gasteiger partial charge in [-0.15, -0.1) is 0 Å². The second-order valence-electron chi connectivity index (χ2n) is 15.3. The van der Waals surface area contributed by atoms with Gasteiger partial charge in [0.05, 0.1) is 11.3 Å². The number of para-hydroxylation sites is 4. The van der Waals surface area contributed by atoms with Gasteiger partial charge in [-0.3, -0.25) is 0 Å². The van der Waals surface area contributed by atoms with Crippen molar-refractivity contribution in [2.24, 2.45) is 0 Å². The summed E-state index contributed by atoms with van der Waals surface area (Å²) in [5, 5.41) is 2.14. The van der Waals surface area contributed by atoms with E-state index in [1.807, 2.05) is 50.6 Å². The molecule has 0 saturated heterocycles. The maximum atomic E-state index is 6.68. The molecule has 306 valence electrons. The van der Waals surface area contributed by atoms with Crippen LogP contribution in [0.3, 0.4) is 0 Å². The van der Waals surface area contributed by atoms with Crippen LogP contribution in [0, 0.1) is 15.9 Å². The first-order valence-electron chi connectivity index (χ1n) is 20.5. The second-order valence-corrected chi connectivity index (χ2v) is 16.3. The number of ether oxygens (including phenoxy) is 1. The molecule has 0 N–H and O–H groups in total. The Morgan fingerprint density at radius 2 is 1.14 bits per heavy atom. The monoisotopic (exact) mass is 994 g/mol. The zero-order valence-electron chi connectivity index (χ0n) is 34.3. The van der Waals surface area contributed by atoms with Gasteiger partial charge in [0.1, 0.15) is 0 Å². The topological polar surface area (TPSA) is 65.9 Å². The van der Waals surface area contributed by atoms with Gasteiger partial charge in [0.2, 0.25) is 0 Å². The summed E-state index contributed by atoms with van der Waals surface area (Å²) in [6.07, 6.45) is 5.34. The maximum absolute atomic E-state index is 6.68. The fourth-order valence-corrected chi connectivity index (χ4v) is 9.57. The number of fused-ring (bicyclic) bond motifs is 4. The van der Waals surface area contributed by atoms with E-state index >= 15 is 0 Å². The van der Waals surface area contributed by atoms with E-state index in [1.54, 1.807) is 12.4 Å². The molecule has 0 saturated carbocycles. The van der Waals surface area contributed by atoms with Crippen molar-refractivity contribution in [3.8, 4) is 62.3 Å². The summed E-state index contributed by atoms with van der Waals surface area (Å²) in [6.45, 7) is 0. The van der Waals surface area contributed by atoms with Crippen LogP contribution in [0.4, 0.5) is 5.69 Å². The van der Waals surface area contributed by atoms with Crippen molar-refractivity contribution >= 4 is 38.5 Å². The molecular weight excluding hydrogens is 958 g/mol. The van der Waals surface area contributed by atoms with E-state index in [-0.39, 0.29) is 0 Å². The number of benzene rings is 7. The third-order valence-corrected chi connectivity index (χ3v) is 12.3. The van der Waals surface area contributed by atoms with Crippen LogP contribution in [0.1, 0.15) is 0 Å². The molecule has 0 aliphatic rings. The number of hydrogen-bond donors (Lipinski definition) is 0. The first-order valence-corrected chi connectivity index (χ1v) is 21.7. The Morgan fingerprint density at radius 1 is 0.524 bits per heavy atom. The zero-order valence-corrected chi connectivity index (χ0v) is 36.5. The molecule has 9 heteroatoms. The molecule has 0 fully saturated rings. The average molecular weight is 995 g/mol. The summed E-state index contributed by atoms with van der Waals surface area (Å²) < 4.78 is 14.4. The van der Waals surface area contributed by atoms with Crippen LogP contribution in [-0.4, -0.2) is 42.7 Å². The molecule has 63 heavy (non-hydrogen) atoms. The molecule has 4 heterocycles. The van der Waals surface area contributed by atoms with Gasteiger partial charge in [-0.1, -0.05) is 12.1 Å². The molecule has 0 aliphatic carbocycles. The number of rotatable bonds is 9. The second kappa shape index (κ2) is 16.0. The van der Waals surface area contributed by atoms with Crippen LogP contribution in [0.25, 0.3) is 83.7 Å². The minimum atomic E-state index is 0.564. The van der Waals surface area contributed by atoms with Gasteiger partial charge >= 0.3 is 294 Å². The van der Waals surface area contributed by atoms with Gasteiger partial charge in [-0.25, -0.2) is 9.97 Å². The fraction of sp³-hybridized carbons (Fsp3) is 0.0370. The van der Waals surface area contributed by atoms with Crippen LogP contribution in [-0.2, 0) is 19.4 Å². The van der Waals surface area contributed by atoms with Crippen molar-refractivity contribution in [3.05, 3.63) is 204 Å². The molecule has 0 bridgehead atoms. The number of pyridine rings is 1. The smallest absolute Gasteiger partial charge is 0.236 e. The standard InChI is InChI=1S/C54H37N7O.Pt/c1-58(2)50-34-52(57-35-46(50)54-55-30-15-31-56-54)61-47-25-10-9-22-44(47)45-29-28-41(33-51(45)61)62-40-21-13-20-39(32-40)59-36-60(49-27-12-11-26-48(49)59)53-42(37-16-5-3-6-17-37)23-14-24-43(53)38-18-7-4-8-19-38;/h3-31,34-35H,1-2H3;/q-2;. The molecule has 0 spiro atoms. The van der Waals surface area contributed by atoms with Crippen LogP contribution in [0.15, 0.2) is 188 Å². The van der Waals surface area contributed by atoms with E-state index in [2.05, 4.69) is 200 Å². The Kier molecular flexibility index (Phi) is 9.71. The van der Waals surface area contributed by atoms with Gasteiger partial charge in [0, 0.05) is 32.7 Å². The SMILES string of the molecule is CN(C)c1cc(-n2c3[c-]c(Oc4[c-]c(-n5[c](=[Pt])n(-c6c(-c7ccccc7)cccc6-c6ccccc6)c6ccccc65)ccc4)ccc3c3ccccc32)ncc1-c1ncccn1. The summed E-state index contributed by atoms with van der Waals surface area (Å²) in [5.41, 5.74) is 12.3. The first-order chi connectivity index (χ1) is 31.0. The molecule has 11 rings (SSSR count). The molecule has 0 unspecified atom stereocenters. The van der Waals surface area contributed by atoms with E-state index in [0.717, 1.165) is 87.3 Å². The molecule has 4 aromatic heterocycles. The fourth-order valence-electron chi connectivity index (χ4n) is 8.49. The summed E-state index contributed by atoms with van der Waals surface area (Å²) >= 11 is 2.46. The van der Waals surface area contributed by atoms with E-state index in [1.165, 1.54) is 0 Å². The van der Waals surface area contributed by atoms with Gasteiger partial charge in [0.15, 0.2) is 5.82 Å². The molecule has 8 nitrogen and oxygen atoms in total. The van der Waals surface area contributed by atoms with Crippen molar-refractivity contribution in [1.82, 2.24) is 28.7 Å². The quantitative estimate of drug-likeness (QED) is 0.135. The van der Waals surface area contributed by atoms with Crippen LogP contribution >= 0.6 is 0 Å². The van der Waals surface area contributed by atoms with Crippen molar-refractivity contribution in [1.29, 1.82) is 0 Å². The minimum Gasteiger partial charge on any atom is -0.236 e. The predicted molar refractivity (Wildman–Crippen MR) is 248 cm³/mol. The van der Waals surface area contributed by atoms with Crippen molar-refractivity contribution < 1.29 is 24.1 Å². The summed E-state index contributed by atoms with van der Waals surface area (Å²) in [5.74, 6) is 2.50. The number of anilines is 1. The van der Waals surface area contributed by atoms with Gasteiger partial charge in [-0.2, -0.15) is 0 Å². The molecule has 0 atom stereocenters. The molecular formula is C54H37N7OPt-2. The molecule has 7 aromatic carbocycles. The molecule has 0 radical (unpaired) electrons. The normalized spacial score (nSPS) is 11.4. The van der Waals surface area contributed by atoms with E-state index in [9.17, 15) is 0 Å². The summed E-state index contributed by atoms with van der Waals surface area (Å²) in [4.78, 5) is 16.1. The Balaban J connectivity index is 1.03. The van der Waals surface area contributed by atoms with Crippen molar-refractivity contribution in [2.45, 2.75) is 0 Å². The van der Waals surface area contributed by atoms with Crippen molar-refractivity contribution in [2.75, 3.05) is 19.0 Å². The van der Waals surface area contributed by atoms with Crippen molar-refractivity contribution in [3.63, 3.8) is 0 Å². The number of hydrogen-bond acceptors (Lipinski definition) is 5. The Labute approximate surface area is 375 Å². The predicted octanol–water partition coefficient (Wildman–Crippen LogP) is 12.2. The van der Waals surface area contributed by atoms with Gasteiger partial charge < -0.3 is 4.90 Å². The van der Waals surface area contributed by atoms with E-state index < -0.39 is 0 Å². The summed E-state index contributed by atoms with van der Waals surface area (Å²) in [7, 11) is 4.03. The average Bonchev–Trinajstić information content (AvgIpc) is 3.82. The van der Waals surface area contributed by atoms with Crippen LogP contribution in [0.5, 0.6) is 11.5 Å². The minimum absolute atomic E-state index is 0.564. The zero-order chi connectivity index (χ0) is 42.4. The molecule has 0 aliphatic heterocycles. The third-order valence-electron chi connectivity index (χ3n) is 11.3. The Hall–Kier alpha value is -7.67. The Morgan fingerprint density at radius 3 is 1.84 bits per heavy atom. The molecule has 0 amide bonds. The van der Waals surface area contributed by atoms with Gasteiger partial charge in [0.25, 0.3) is 0 Å². The molecule has 11 aromatic rings.